The van der Waals surface area contributed by atoms with Crippen LogP contribution in [0.2, 0.25) is 0 Å². The molecule has 0 atom stereocenters. The SMILES string of the molecule is C[n+]1ccn(-c2cc(-c3cn[nH]c3)ccc2-c2cn[nH]c2)c1.[I-]. The van der Waals surface area contributed by atoms with Gasteiger partial charge < -0.3 is 24.0 Å². The highest BCUT2D eigenvalue weighted by Gasteiger charge is 2.15. The van der Waals surface area contributed by atoms with Gasteiger partial charge in [-0.05, 0) is 17.7 Å². The van der Waals surface area contributed by atoms with Crippen LogP contribution in [0.3, 0.4) is 0 Å². The maximum Gasteiger partial charge on any atom is 0.248 e. The molecule has 6 nitrogen and oxygen atoms in total. The lowest BCUT2D eigenvalue weighted by Crippen LogP contribution is -3.00. The van der Waals surface area contributed by atoms with E-state index in [1.165, 1.54) is 0 Å². The second-order valence-corrected chi connectivity index (χ2v) is 5.19. The van der Waals surface area contributed by atoms with Crippen LogP contribution in [0.25, 0.3) is 27.9 Å². The minimum Gasteiger partial charge on any atom is -1.00 e. The van der Waals surface area contributed by atoms with Crippen molar-refractivity contribution in [3.8, 4) is 27.9 Å². The van der Waals surface area contributed by atoms with E-state index in [9.17, 15) is 0 Å². The fourth-order valence-corrected chi connectivity index (χ4v) is 2.57. The fourth-order valence-electron chi connectivity index (χ4n) is 2.57. The van der Waals surface area contributed by atoms with E-state index < -0.39 is 0 Å². The van der Waals surface area contributed by atoms with Crippen LogP contribution < -0.4 is 28.5 Å². The van der Waals surface area contributed by atoms with Crippen molar-refractivity contribution in [1.29, 1.82) is 0 Å². The third kappa shape index (κ3) is 2.91. The van der Waals surface area contributed by atoms with E-state index in [2.05, 4.69) is 43.2 Å². The molecule has 0 spiro atoms. The van der Waals surface area contributed by atoms with Gasteiger partial charge >= 0.3 is 0 Å². The van der Waals surface area contributed by atoms with Gasteiger partial charge in [-0.2, -0.15) is 10.2 Å². The number of hydrogen-bond acceptors (Lipinski definition) is 2. The molecule has 0 radical (unpaired) electrons. The number of benzene rings is 1. The van der Waals surface area contributed by atoms with Gasteiger partial charge in [0.05, 0.1) is 19.4 Å². The van der Waals surface area contributed by atoms with Crippen molar-refractivity contribution < 1.29 is 28.5 Å². The van der Waals surface area contributed by atoms with E-state index in [0.717, 1.165) is 27.9 Å². The van der Waals surface area contributed by atoms with E-state index in [0.29, 0.717) is 0 Å². The molecule has 0 aliphatic rings. The van der Waals surface area contributed by atoms with Gasteiger partial charge in [-0.15, -0.1) is 0 Å². The van der Waals surface area contributed by atoms with E-state index in [1.807, 2.05) is 55.1 Å². The standard InChI is InChI=1S/C16H15N6.HI/c1-21-4-5-22(11-21)16-6-12(13-7-17-18-8-13)2-3-15(16)14-9-19-20-10-14;/h2-11H,1H3,(H,17,18)(H,19,20);1H/q+1;/p-1. The summed E-state index contributed by atoms with van der Waals surface area (Å²) in [6.45, 7) is 0. The summed E-state index contributed by atoms with van der Waals surface area (Å²) in [6.07, 6.45) is 13.6. The van der Waals surface area contributed by atoms with Crippen molar-refractivity contribution >= 4 is 0 Å². The number of rotatable bonds is 3. The van der Waals surface area contributed by atoms with E-state index in [4.69, 9.17) is 0 Å². The Kier molecular flexibility index (Phi) is 4.28. The zero-order valence-corrected chi connectivity index (χ0v) is 14.6. The summed E-state index contributed by atoms with van der Waals surface area (Å²) in [4.78, 5) is 0. The first-order chi connectivity index (χ1) is 10.8. The lowest BCUT2D eigenvalue weighted by molar-refractivity contribution is -0.670. The fraction of sp³-hybridized carbons (Fsp3) is 0.0625. The zero-order valence-electron chi connectivity index (χ0n) is 12.4. The minimum atomic E-state index is 0. The Balaban J connectivity index is 0.00000156. The van der Waals surface area contributed by atoms with Gasteiger partial charge in [0.15, 0.2) is 0 Å². The summed E-state index contributed by atoms with van der Waals surface area (Å²) in [5.74, 6) is 0. The second kappa shape index (κ2) is 6.37. The van der Waals surface area contributed by atoms with Crippen LogP contribution in [-0.2, 0) is 7.05 Å². The zero-order chi connectivity index (χ0) is 14.9. The number of hydrogen-bond donors (Lipinski definition) is 2. The molecule has 7 heteroatoms. The molecular formula is C16H15IN6. The molecular weight excluding hydrogens is 403 g/mol. The highest BCUT2D eigenvalue weighted by atomic mass is 127. The van der Waals surface area contributed by atoms with E-state index in [-0.39, 0.29) is 24.0 Å². The Morgan fingerprint density at radius 3 is 2.35 bits per heavy atom. The summed E-state index contributed by atoms with van der Waals surface area (Å²) in [6, 6.07) is 6.37. The maximum absolute atomic E-state index is 4.06. The lowest BCUT2D eigenvalue weighted by atomic mass is 10.0. The average Bonchev–Trinajstić information content (AvgIpc) is 3.29. The molecule has 2 N–H and O–H groups in total. The number of aromatic amines is 2. The molecule has 3 heterocycles. The second-order valence-electron chi connectivity index (χ2n) is 5.19. The van der Waals surface area contributed by atoms with Gasteiger partial charge in [-0.25, -0.2) is 9.13 Å². The molecule has 4 rings (SSSR count). The molecule has 0 amide bonds. The van der Waals surface area contributed by atoms with Crippen LogP contribution in [-0.4, -0.2) is 25.0 Å². The predicted molar refractivity (Wildman–Crippen MR) is 82.1 cm³/mol. The Bertz CT molecular complexity index is 893. The Morgan fingerprint density at radius 2 is 1.74 bits per heavy atom. The number of nitrogens with zero attached hydrogens (tertiary/aromatic N) is 4. The monoisotopic (exact) mass is 418 g/mol. The van der Waals surface area contributed by atoms with Gasteiger partial charge in [0.25, 0.3) is 0 Å². The van der Waals surface area contributed by atoms with Crippen LogP contribution in [0.1, 0.15) is 0 Å². The number of H-pyrrole nitrogens is 2. The van der Waals surface area contributed by atoms with Crippen molar-refractivity contribution in [2.24, 2.45) is 7.05 Å². The molecule has 0 aliphatic carbocycles. The molecule has 0 bridgehead atoms. The van der Waals surface area contributed by atoms with Crippen molar-refractivity contribution in [3.63, 3.8) is 0 Å². The van der Waals surface area contributed by atoms with Gasteiger partial charge in [-0.1, -0.05) is 6.07 Å². The van der Waals surface area contributed by atoms with Gasteiger partial charge in [0.2, 0.25) is 6.33 Å². The first-order valence-electron chi connectivity index (χ1n) is 6.97. The normalized spacial score (nSPS) is 10.5. The molecule has 116 valence electrons. The third-order valence-electron chi connectivity index (χ3n) is 3.69. The number of imidazole rings is 1. The van der Waals surface area contributed by atoms with Gasteiger partial charge in [0.1, 0.15) is 18.1 Å². The van der Waals surface area contributed by atoms with E-state index >= 15 is 0 Å². The number of nitrogens with one attached hydrogen (secondary N) is 2. The number of aromatic nitrogens is 6. The highest BCUT2D eigenvalue weighted by molar-refractivity contribution is 5.77. The van der Waals surface area contributed by atoms with Gasteiger partial charge in [-0.3, -0.25) is 10.2 Å². The average molecular weight is 418 g/mol. The minimum absolute atomic E-state index is 0. The van der Waals surface area contributed by atoms with Gasteiger partial charge in [0, 0.05) is 29.1 Å². The molecule has 4 aromatic rings. The van der Waals surface area contributed by atoms with Crippen molar-refractivity contribution in [2.45, 2.75) is 0 Å². The molecule has 0 fully saturated rings. The largest absolute Gasteiger partial charge is 1.00 e. The maximum atomic E-state index is 4.06. The topological polar surface area (TPSA) is 66.2 Å². The molecule has 23 heavy (non-hydrogen) atoms. The summed E-state index contributed by atoms with van der Waals surface area (Å²) in [5, 5.41) is 13.8. The van der Waals surface area contributed by atoms with Crippen LogP contribution in [0, 0.1) is 0 Å². The molecule has 0 saturated heterocycles. The number of halogens is 1. The summed E-state index contributed by atoms with van der Waals surface area (Å²) >= 11 is 0. The lowest BCUT2D eigenvalue weighted by Gasteiger charge is -2.07. The van der Waals surface area contributed by atoms with Crippen molar-refractivity contribution in [2.75, 3.05) is 0 Å². The van der Waals surface area contributed by atoms with Crippen LogP contribution in [0.5, 0.6) is 0 Å². The molecule has 0 unspecified atom stereocenters. The summed E-state index contributed by atoms with van der Waals surface area (Å²) in [7, 11) is 2.01. The first kappa shape index (κ1) is 15.5. The predicted octanol–water partition coefficient (Wildman–Crippen LogP) is -0.914. The van der Waals surface area contributed by atoms with E-state index in [1.54, 1.807) is 0 Å². The third-order valence-corrected chi connectivity index (χ3v) is 3.69. The summed E-state index contributed by atoms with van der Waals surface area (Å²) < 4.78 is 4.12. The molecule has 1 aromatic carbocycles. The summed E-state index contributed by atoms with van der Waals surface area (Å²) in [5.41, 5.74) is 5.46. The Labute approximate surface area is 150 Å². The number of aryl methyl sites for hydroxylation is 1. The van der Waals surface area contributed by atoms with Crippen LogP contribution in [0.15, 0.2) is 61.7 Å². The van der Waals surface area contributed by atoms with Crippen molar-refractivity contribution in [3.05, 3.63) is 61.7 Å². The molecule has 0 saturated carbocycles. The molecule has 0 aliphatic heterocycles. The Hall–Kier alpha value is -2.42. The molecule has 3 aromatic heterocycles. The van der Waals surface area contributed by atoms with Crippen LogP contribution in [0.4, 0.5) is 0 Å². The smallest absolute Gasteiger partial charge is 0.248 e. The first-order valence-corrected chi connectivity index (χ1v) is 6.97. The quantitative estimate of drug-likeness (QED) is 0.334. The van der Waals surface area contributed by atoms with Crippen LogP contribution >= 0.6 is 0 Å². The van der Waals surface area contributed by atoms with Crippen molar-refractivity contribution in [1.82, 2.24) is 25.0 Å². The Morgan fingerprint density at radius 1 is 1.00 bits per heavy atom. The highest BCUT2D eigenvalue weighted by Crippen LogP contribution is 2.30.